The highest BCUT2D eigenvalue weighted by Crippen LogP contribution is 2.38. The van der Waals surface area contributed by atoms with Gasteiger partial charge in [0.05, 0.1) is 23.9 Å². The van der Waals surface area contributed by atoms with Gasteiger partial charge in [-0.1, -0.05) is 27.2 Å². The highest BCUT2D eigenvalue weighted by molar-refractivity contribution is 6.00. The largest absolute Gasteiger partial charge is 0.458 e. The average molecular weight is 697 g/mol. The van der Waals surface area contributed by atoms with Crippen LogP contribution < -0.4 is 10.6 Å². The Bertz CT molecular complexity index is 1160. The Morgan fingerprint density at radius 3 is 2.31 bits per heavy atom. The van der Waals surface area contributed by atoms with E-state index in [4.69, 9.17) is 23.7 Å². The number of nitrogens with one attached hydrogen (secondary N) is 2. The summed E-state index contributed by atoms with van der Waals surface area (Å²) < 4.78 is 31.3. The molecule has 4 fully saturated rings. The van der Waals surface area contributed by atoms with Crippen LogP contribution in [0.1, 0.15) is 87.0 Å². The van der Waals surface area contributed by atoms with Crippen LogP contribution in [0.5, 0.6) is 0 Å². The summed E-state index contributed by atoms with van der Waals surface area (Å²) in [6, 6.07) is -0.425. The third-order valence-corrected chi connectivity index (χ3v) is 11.9. The van der Waals surface area contributed by atoms with Gasteiger partial charge in [-0.15, -0.1) is 0 Å². The van der Waals surface area contributed by atoms with E-state index in [0.717, 1.165) is 0 Å². The molecule has 0 aromatic carbocycles. The molecule has 1 aliphatic carbocycles. The van der Waals surface area contributed by atoms with Crippen LogP contribution in [-0.4, -0.2) is 140 Å². The smallest absolute Gasteiger partial charge is 0.408 e. The molecule has 49 heavy (non-hydrogen) atoms. The predicted octanol–water partition coefficient (Wildman–Crippen LogP) is 2.72. The highest BCUT2D eigenvalue weighted by Gasteiger charge is 2.55. The number of aliphatic hydroxyl groups excluding tert-OH is 1. The van der Waals surface area contributed by atoms with Crippen LogP contribution in [0.2, 0.25) is 0 Å². The van der Waals surface area contributed by atoms with Gasteiger partial charge in [0.2, 0.25) is 0 Å². The maximum Gasteiger partial charge on any atom is 0.408 e. The molecule has 5 unspecified atom stereocenters. The number of aliphatic hydroxyl groups is 1. The monoisotopic (exact) mass is 696 g/mol. The Labute approximate surface area is 293 Å². The molecule has 0 aromatic rings. The number of rotatable bonds is 8. The van der Waals surface area contributed by atoms with Crippen LogP contribution in [0.15, 0.2) is 0 Å². The third kappa shape index (κ3) is 8.61. The van der Waals surface area contributed by atoms with E-state index >= 15 is 0 Å². The summed E-state index contributed by atoms with van der Waals surface area (Å²) in [6.07, 6.45) is 0.626. The van der Waals surface area contributed by atoms with Gasteiger partial charge in [0.1, 0.15) is 18.1 Å². The molecule has 3 N–H and O–H groups in total. The summed E-state index contributed by atoms with van der Waals surface area (Å²) in [5, 5.41) is 18.1. The second-order valence-corrected chi connectivity index (χ2v) is 15.9. The number of likely N-dealkylation sites (N-methyl/N-ethyl adjacent to an activating group) is 2. The zero-order valence-electron chi connectivity index (χ0n) is 31.7. The number of hydrogen-bond donors (Lipinski definition) is 3. The van der Waals surface area contributed by atoms with Crippen molar-refractivity contribution in [2.75, 3.05) is 41.3 Å². The number of fused-ring (bicyclic) bond motifs is 1. The summed E-state index contributed by atoms with van der Waals surface area (Å²) in [6.45, 7) is 14.1. The fourth-order valence-corrected chi connectivity index (χ4v) is 8.44. The highest BCUT2D eigenvalue weighted by atomic mass is 16.7. The quantitative estimate of drug-likeness (QED) is 0.253. The molecule has 13 atom stereocenters. The summed E-state index contributed by atoms with van der Waals surface area (Å²) in [5.74, 6) is -3.02. The molecule has 0 spiro atoms. The number of alkyl carbamates (subject to hydrolysis) is 1. The lowest BCUT2D eigenvalue weighted by molar-refractivity contribution is -0.299. The molecular weight excluding hydrogens is 632 g/mol. The maximum absolute atomic E-state index is 14.3. The second-order valence-electron chi connectivity index (χ2n) is 15.9. The third-order valence-electron chi connectivity index (χ3n) is 11.9. The predicted molar refractivity (Wildman–Crippen MR) is 184 cm³/mol. The van der Waals surface area contributed by atoms with E-state index < -0.39 is 65.7 Å². The van der Waals surface area contributed by atoms with Crippen LogP contribution >= 0.6 is 0 Å². The molecule has 282 valence electrons. The number of esters is 1. The lowest BCUT2D eigenvalue weighted by Crippen LogP contribution is -2.60. The van der Waals surface area contributed by atoms with Gasteiger partial charge in [0, 0.05) is 37.7 Å². The Morgan fingerprint density at radius 1 is 1.06 bits per heavy atom. The molecule has 13 heteroatoms. The number of ether oxygens (including phenoxy) is 5. The zero-order valence-corrected chi connectivity index (χ0v) is 31.7. The Hall–Kier alpha value is -1.87. The number of ketones is 1. The second kappa shape index (κ2) is 16.2. The van der Waals surface area contributed by atoms with Crippen molar-refractivity contribution in [1.82, 2.24) is 20.4 Å². The first-order chi connectivity index (χ1) is 22.9. The van der Waals surface area contributed by atoms with E-state index in [9.17, 15) is 19.5 Å². The van der Waals surface area contributed by atoms with E-state index in [0.29, 0.717) is 38.4 Å². The first kappa shape index (κ1) is 39.9. The van der Waals surface area contributed by atoms with Crippen LogP contribution in [0.4, 0.5) is 4.79 Å². The number of carbonyl (C=O) groups excluding carboxylic acids is 3. The topological polar surface area (TPSA) is 148 Å². The normalized spacial score (nSPS) is 43.2. The minimum Gasteiger partial charge on any atom is -0.458 e. The number of amides is 1. The molecular formula is C36H64N4O9. The van der Waals surface area contributed by atoms with Gasteiger partial charge >= 0.3 is 12.1 Å². The van der Waals surface area contributed by atoms with E-state index in [2.05, 4.69) is 29.5 Å². The van der Waals surface area contributed by atoms with Crippen molar-refractivity contribution in [2.24, 2.45) is 17.8 Å². The molecule has 0 radical (unpaired) electrons. The number of Topliss-reactive ketones (excluding diaryl/α,β-unsaturated/α-hetero) is 1. The van der Waals surface area contributed by atoms with Crippen molar-refractivity contribution in [1.29, 1.82) is 0 Å². The van der Waals surface area contributed by atoms with Gasteiger partial charge < -0.3 is 49.2 Å². The summed E-state index contributed by atoms with van der Waals surface area (Å²) in [4.78, 5) is 44.8. The SMILES string of the molecule is CC[C@H]1OC(=O)C(C)C(=O)[C@H](C)[C@@H](OC2OC(CN(C)C3CCC3)CC(N(C)C)C2O)[C@](C)(OC)C[C@@H](C)CN[C@H](C)[C@H]2NC(=O)O[C@@]21C. The van der Waals surface area contributed by atoms with Crippen molar-refractivity contribution < 1.29 is 43.2 Å². The van der Waals surface area contributed by atoms with Crippen LogP contribution in [-0.2, 0) is 33.3 Å². The Morgan fingerprint density at radius 2 is 1.73 bits per heavy atom. The first-order valence-corrected chi connectivity index (χ1v) is 18.3. The van der Waals surface area contributed by atoms with E-state index in [1.54, 1.807) is 27.9 Å². The number of hydrogen-bond acceptors (Lipinski definition) is 12. The lowest BCUT2D eigenvalue weighted by atomic mass is 9.78. The van der Waals surface area contributed by atoms with Crippen LogP contribution in [0.25, 0.3) is 0 Å². The molecule has 3 heterocycles. The van der Waals surface area contributed by atoms with Crippen molar-refractivity contribution in [3.63, 3.8) is 0 Å². The number of methoxy groups -OCH3 is 1. The molecule has 1 amide bonds. The van der Waals surface area contributed by atoms with E-state index in [1.165, 1.54) is 19.3 Å². The summed E-state index contributed by atoms with van der Waals surface area (Å²) in [7, 11) is 7.60. The summed E-state index contributed by atoms with van der Waals surface area (Å²) in [5.41, 5.74) is -2.17. The summed E-state index contributed by atoms with van der Waals surface area (Å²) >= 11 is 0. The lowest BCUT2D eigenvalue weighted by Gasteiger charge is -2.48. The Balaban J connectivity index is 1.67. The van der Waals surface area contributed by atoms with Gasteiger partial charge in [-0.05, 0) is 93.4 Å². The van der Waals surface area contributed by atoms with Crippen LogP contribution in [0.3, 0.4) is 0 Å². The molecule has 0 aromatic heterocycles. The first-order valence-electron chi connectivity index (χ1n) is 18.3. The molecule has 4 rings (SSSR count). The van der Waals surface area contributed by atoms with Gasteiger partial charge in [-0.25, -0.2) is 4.79 Å². The molecule has 3 aliphatic heterocycles. The van der Waals surface area contributed by atoms with Gasteiger partial charge in [0.25, 0.3) is 0 Å². The molecule has 13 nitrogen and oxygen atoms in total. The average Bonchev–Trinajstić information content (AvgIpc) is 3.33. The van der Waals surface area contributed by atoms with Gasteiger partial charge in [-0.3, -0.25) is 9.59 Å². The molecule has 3 saturated heterocycles. The minimum absolute atomic E-state index is 0.0306. The minimum atomic E-state index is -1.15. The van der Waals surface area contributed by atoms with Crippen molar-refractivity contribution in [3.8, 4) is 0 Å². The zero-order chi connectivity index (χ0) is 36.4. The standard InChI is InChI=1S/C36H64N4O9/c1-12-27-36(7)30(38-34(44)49-36)23(5)37-18-20(2)17-35(6,45-11)31(21(3)28(41)22(4)32(43)47-27)48-33-29(42)26(39(8)9)16-25(46-33)19-40(10)24-14-13-15-24/h20-27,29-31,33,37,42H,12-19H2,1-11H3,(H,38,44)/t20-,21+,22?,23-,25?,26?,27-,29?,30-,31-,33?,35-,36-/m1/s1. The molecule has 1 saturated carbocycles. The fraction of sp³-hybridized carbons (Fsp3) is 0.917. The number of cyclic esters (lactones) is 1. The molecule has 0 bridgehead atoms. The van der Waals surface area contributed by atoms with E-state index in [1.807, 2.05) is 39.8 Å². The van der Waals surface area contributed by atoms with E-state index in [-0.39, 0.29) is 29.9 Å². The van der Waals surface area contributed by atoms with Crippen LogP contribution in [0, 0.1) is 17.8 Å². The van der Waals surface area contributed by atoms with Crippen molar-refractivity contribution in [3.05, 3.63) is 0 Å². The van der Waals surface area contributed by atoms with Crippen molar-refractivity contribution in [2.45, 2.75) is 153 Å². The number of nitrogens with zero attached hydrogens (tertiary/aromatic N) is 2. The maximum atomic E-state index is 14.3. The van der Waals surface area contributed by atoms with Gasteiger partial charge in [-0.2, -0.15) is 0 Å². The fourth-order valence-electron chi connectivity index (χ4n) is 8.44. The molecule has 4 aliphatic rings. The van der Waals surface area contributed by atoms with Gasteiger partial charge in [0.15, 0.2) is 17.7 Å². The Kier molecular flexibility index (Phi) is 13.2. The van der Waals surface area contributed by atoms with Crippen molar-refractivity contribution >= 4 is 17.8 Å². The number of carbonyl (C=O) groups is 3.